The molecule has 0 aromatic heterocycles. The van der Waals surface area contributed by atoms with Gasteiger partial charge >= 0.3 is 0 Å². The number of rotatable bonds is 3. The van der Waals surface area contributed by atoms with Crippen LogP contribution in [0.25, 0.3) is 0 Å². The summed E-state index contributed by atoms with van der Waals surface area (Å²) in [4.78, 5) is 10.1. The monoisotopic (exact) mass is 210 g/mol. The predicted octanol–water partition coefficient (Wildman–Crippen LogP) is 2.70. The van der Waals surface area contributed by atoms with Crippen molar-refractivity contribution < 1.29 is 9.31 Å². The first kappa shape index (κ1) is 9.89. The minimum atomic E-state index is -0.590. The first-order chi connectivity index (χ1) is 7.00. The molecule has 0 amide bonds. The number of hydrogen-bond donors (Lipinski definition) is 1. The Hall–Kier alpha value is -1.65. The van der Waals surface area contributed by atoms with Gasteiger partial charge in [0.2, 0.25) is 0 Å². The van der Waals surface area contributed by atoms with Crippen LogP contribution in [0.2, 0.25) is 0 Å². The van der Waals surface area contributed by atoms with Gasteiger partial charge in [0.15, 0.2) is 0 Å². The van der Waals surface area contributed by atoms with Crippen molar-refractivity contribution in [3.05, 3.63) is 34.1 Å². The van der Waals surface area contributed by atoms with Gasteiger partial charge < -0.3 is 5.32 Å². The second-order valence-corrected chi connectivity index (χ2v) is 4.10. The van der Waals surface area contributed by atoms with Crippen molar-refractivity contribution in [1.29, 1.82) is 0 Å². The maximum atomic E-state index is 12.8. The van der Waals surface area contributed by atoms with Crippen LogP contribution < -0.4 is 5.32 Å². The van der Waals surface area contributed by atoms with E-state index in [9.17, 15) is 14.5 Å². The largest absolute Gasteiger partial charge is 0.374 e. The molecule has 1 aromatic rings. The third kappa shape index (κ3) is 2.06. The van der Waals surface area contributed by atoms with Gasteiger partial charge in [-0.2, -0.15) is 0 Å². The van der Waals surface area contributed by atoms with Crippen molar-refractivity contribution in [1.82, 2.24) is 0 Å². The van der Waals surface area contributed by atoms with Gasteiger partial charge in [-0.3, -0.25) is 10.1 Å². The van der Waals surface area contributed by atoms with E-state index in [0.717, 1.165) is 18.9 Å². The summed E-state index contributed by atoms with van der Waals surface area (Å²) < 4.78 is 12.8. The molecule has 15 heavy (non-hydrogen) atoms. The van der Waals surface area contributed by atoms with E-state index in [1.54, 1.807) is 0 Å². The fourth-order valence-electron chi connectivity index (χ4n) is 1.40. The van der Waals surface area contributed by atoms with Crippen LogP contribution in [-0.2, 0) is 0 Å². The number of hydrogen-bond acceptors (Lipinski definition) is 3. The van der Waals surface area contributed by atoms with Crippen molar-refractivity contribution >= 4 is 11.4 Å². The summed E-state index contributed by atoms with van der Waals surface area (Å²) in [7, 11) is 0. The summed E-state index contributed by atoms with van der Waals surface area (Å²) in [6.45, 7) is 1.99. The minimum Gasteiger partial charge on any atom is -0.374 e. The molecule has 80 valence electrons. The number of halogens is 1. The number of nitrogens with zero attached hydrogens (tertiary/aromatic N) is 1. The third-order valence-electron chi connectivity index (χ3n) is 2.59. The van der Waals surface area contributed by atoms with Gasteiger partial charge in [-0.15, -0.1) is 0 Å². The van der Waals surface area contributed by atoms with Crippen LogP contribution in [0.5, 0.6) is 0 Å². The molecule has 0 spiro atoms. The normalized spacial score (nSPS) is 17.2. The summed E-state index contributed by atoms with van der Waals surface area (Å²) in [6.07, 6.45) is 1.98. The first-order valence-electron chi connectivity index (χ1n) is 4.72. The number of nitro groups is 1. The molecular formula is C10H11FN2O2. The lowest BCUT2D eigenvalue weighted by atomic mass is 10.2. The fourth-order valence-corrected chi connectivity index (χ4v) is 1.40. The Kier molecular flexibility index (Phi) is 2.10. The summed E-state index contributed by atoms with van der Waals surface area (Å²) in [5, 5.41) is 13.7. The van der Waals surface area contributed by atoms with Gasteiger partial charge in [0.25, 0.3) is 5.69 Å². The van der Waals surface area contributed by atoms with Crippen LogP contribution in [-0.4, -0.2) is 10.5 Å². The molecule has 4 nitrogen and oxygen atoms in total. The molecule has 0 heterocycles. The second kappa shape index (κ2) is 3.18. The average Bonchev–Trinajstić information content (AvgIpc) is 2.87. The molecule has 0 atom stereocenters. The van der Waals surface area contributed by atoms with Crippen LogP contribution in [0.4, 0.5) is 15.8 Å². The van der Waals surface area contributed by atoms with Crippen LogP contribution in [0, 0.1) is 15.9 Å². The highest BCUT2D eigenvalue weighted by Crippen LogP contribution is 2.40. The number of nitrogens with one attached hydrogen (secondary N) is 1. The molecule has 1 aliphatic rings. The van der Waals surface area contributed by atoms with E-state index in [-0.39, 0.29) is 11.2 Å². The molecule has 0 aliphatic heterocycles. The molecule has 1 aliphatic carbocycles. The average molecular weight is 210 g/mol. The zero-order chi connectivity index (χ0) is 11.1. The predicted molar refractivity (Wildman–Crippen MR) is 54.3 cm³/mol. The molecule has 5 heteroatoms. The lowest BCUT2D eigenvalue weighted by molar-refractivity contribution is -0.384. The van der Waals surface area contributed by atoms with Gasteiger partial charge in [-0.25, -0.2) is 4.39 Å². The minimum absolute atomic E-state index is 0.0530. The van der Waals surface area contributed by atoms with E-state index < -0.39 is 10.7 Å². The summed E-state index contributed by atoms with van der Waals surface area (Å²) in [5.41, 5.74) is 0.132. The molecule has 1 fully saturated rings. The summed E-state index contributed by atoms with van der Waals surface area (Å²) >= 11 is 0. The second-order valence-electron chi connectivity index (χ2n) is 4.10. The smallest absolute Gasteiger partial charge is 0.295 e. The zero-order valence-corrected chi connectivity index (χ0v) is 8.29. The van der Waals surface area contributed by atoms with E-state index in [1.807, 2.05) is 6.92 Å². The lowest BCUT2D eigenvalue weighted by Crippen LogP contribution is -2.16. The Morgan fingerprint density at radius 2 is 2.20 bits per heavy atom. The Bertz CT molecular complexity index is 416. The van der Waals surface area contributed by atoms with Crippen molar-refractivity contribution in [2.75, 3.05) is 5.32 Å². The fraction of sp³-hybridized carbons (Fsp3) is 0.400. The van der Waals surface area contributed by atoms with Gasteiger partial charge in [-0.1, -0.05) is 0 Å². The number of anilines is 1. The molecule has 1 saturated carbocycles. The molecule has 0 unspecified atom stereocenters. The SMILES string of the molecule is CC1(Nc2ccc(F)cc2[N+](=O)[O-])CC1. The quantitative estimate of drug-likeness (QED) is 0.616. The van der Waals surface area contributed by atoms with E-state index in [1.165, 1.54) is 12.1 Å². The van der Waals surface area contributed by atoms with Gasteiger partial charge in [0.1, 0.15) is 11.5 Å². The van der Waals surface area contributed by atoms with Crippen molar-refractivity contribution in [3.63, 3.8) is 0 Å². The summed E-state index contributed by atoms with van der Waals surface area (Å²) in [6, 6.07) is 3.58. The maximum Gasteiger partial charge on any atom is 0.295 e. The van der Waals surface area contributed by atoms with Gasteiger partial charge in [0.05, 0.1) is 11.0 Å². The maximum absolute atomic E-state index is 12.8. The van der Waals surface area contributed by atoms with Gasteiger partial charge in [0, 0.05) is 5.54 Å². The van der Waals surface area contributed by atoms with Crippen LogP contribution in [0.3, 0.4) is 0 Å². The summed E-state index contributed by atoms with van der Waals surface area (Å²) in [5.74, 6) is -0.590. The molecule has 0 bridgehead atoms. The Labute approximate surface area is 86.3 Å². The topological polar surface area (TPSA) is 55.2 Å². The molecule has 1 aromatic carbocycles. The highest BCUT2D eigenvalue weighted by atomic mass is 19.1. The zero-order valence-electron chi connectivity index (χ0n) is 8.29. The molecule has 2 rings (SSSR count). The highest BCUT2D eigenvalue weighted by molar-refractivity contribution is 5.63. The highest BCUT2D eigenvalue weighted by Gasteiger charge is 2.38. The van der Waals surface area contributed by atoms with Crippen LogP contribution in [0.1, 0.15) is 19.8 Å². The third-order valence-corrected chi connectivity index (χ3v) is 2.59. The van der Waals surface area contributed by atoms with Crippen LogP contribution in [0.15, 0.2) is 18.2 Å². The molecule has 0 saturated heterocycles. The van der Waals surface area contributed by atoms with Crippen molar-refractivity contribution in [3.8, 4) is 0 Å². The molecule has 1 N–H and O–H groups in total. The van der Waals surface area contributed by atoms with Gasteiger partial charge in [-0.05, 0) is 31.9 Å². The lowest BCUT2D eigenvalue weighted by Gasteiger charge is -2.12. The Morgan fingerprint density at radius 3 is 2.73 bits per heavy atom. The Morgan fingerprint density at radius 1 is 1.53 bits per heavy atom. The van der Waals surface area contributed by atoms with Crippen molar-refractivity contribution in [2.45, 2.75) is 25.3 Å². The van der Waals surface area contributed by atoms with E-state index in [4.69, 9.17) is 0 Å². The van der Waals surface area contributed by atoms with E-state index in [2.05, 4.69) is 5.32 Å². The molecule has 0 radical (unpaired) electrons. The van der Waals surface area contributed by atoms with Crippen LogP contribution >= 0.6 is 0 Å². The Balaban J connectivity index is 2.32. The standard InChI is InChI=1S/C10H11FN2O2/c1-10(4-5-10)12-8-3-2-7(11)6-9(8)13(14)15/h2-3,6,12H,4-5H2,1H3. The van der Waals surface area contributed by atoms with E-state index in [0.29, 0.717) is 5.69 Å². The first-order valence-corrected chi connectivity index (χ1v) is 4.72. The van der Waals surface area contributed by atoms with E-state index >= 15 is 0 Å². The molecular weight excluding hydrogens is 199 g/mol. The number of benzene rings is 1. The van der Waals surface area contributed by atoms with Crippen molar-refractivity contribution in [2.24, 2.45) is 0 Å². The number of nitro benzene ring substituents is 1.